The number of hydrogen-bond acceptors (Lipinski definition) is 1. The Morgan fingerprint density at radius 2 is 1.41 bits per heavy atom. The molecule has 88 valence electrons. The van der Waals surface area contributed by atoms with Crippen LogP contribution in [0.15, 0.2) is 52.3 Å². The maximum atomic E-state index is 12.4. The van der Waals surface area contributed by atoms with Crippen molar-refractivity contribution in [1.82, 2.24) is 0 Å². The first-order valence-corrected chi connectivity index (χ1v) is 6.78. The van der Waals surface area contributed by atoms with E-state index in [-0.39, 0.29) is 0 Å². The summed E-state index contributed by atoms with van der Waals surface area (Å²) in [5.41, 5.74) is 3.47. The van der Waals surface area contributed by atoms with Crippen molar-refractivity contribution < 1.29 is 4.21 Å². The minimum Gasteiger partial charge on any atom is -0.249 e. The van der Waals surface area contributed by atoms with E-state index in [2.05, 4.69) is 6.07 Å². The molecule has 0 aliphatic heterocycles. The van der Waals surface area contributed by atoms with Crippen molar-refractivity contribution in [2.75, 3.05) is 0 Å². The molecule has 2 heteroatoms. The second-order valence-electron chi connectivity index (χ2n) is 4.35. The first kappa shape index (κ1) is 12.1. The Hall–Kier alpha value is -1.41. The highest BCUT2D eigenvalue weighted by atomic mass is 32.2. The van der Waals surface area contributed by atoms with Crippen LogP contribution in [0.1, 0.15) is 16.7 Å². The Bertz CT molecular complexity index is 556. The molecule has 0 aliphatic rings. The fraction of sp³-hybridized carbons (Fsp3) is 0.200. The van der Waals surface area contributed by atoms with Gasteiger partial charge in [-0.05, 0) is 44.5 Å². The third kappa shape index (κ3) is 2.64. The van der Waals surface area contributed by atoms with Gasteiger partial charge in [0.1, 0.15) is 0 Å². The first-order chi connectivity index (χ1) is 8.08. The normalized spacial score (nSPS) is 12.4. The third-order valence-electron chi connectivity index (χ3n) is 2.77. The lowest BCUT2D eigenvalue weighted by atomic mass is 10.2. The van der Waals surface area contributed by atoms with Gasteiger partial charge in [-0.3, -0.25) is 0 Å². The monoisotopic (exact) mass is 244 g/mol. The fourth-order valence-electron chi connectivity index (χ4n) is 1.80. The molecule has 0 saturated carbocycles. The van der Waals surface area contributed by atoms with E-state index in [0.717, 1.165) is 15.4 Å². The highest BCUT2D eigenvalue weighted by Gasteiger charge is 2.09. The van der Waals surface area contributed by atoms with Crippen LogP contribution < -0.4 is 0 Å². The van der Waals surface area contributed by atoms with Gasteiger partial charge >= 0.3 is 0 Å². The molecule has 17 heavy (non-hydrogen) atoms. The van der Waals surface area contributed by atoms with E-state index in [0.29, 0.717) is 0 Å². The molecule has 0 heterocycles. The quantitative estimate of drug-likeness (QED) is 0.785. The van der Waals surface area contributed by atoms with E-state index in [1.54, 1.807) is 0 Å². The summed E-state index contributed by atoms with van der Waals surface area (Å²) in [5, 5.41) is 0. The van der Waals surface area contributed by atoms with Crippen LogP contribution in [0.2, 0.25) is 0 Å². The predicted octanol–water partition coefficient (Wildman–Crippen LogP) is 3.78. The molecule has 0 fully saturated rings. The predicted molar refractivity (Wildman–Crippen MR) is 71.8 cm³/mol. The van der Waals surface area contributed by atoms with Crippen molar-refractivity contribution in [2.24, 2.45) is 0 Å². The Morgan fingerprint density at radius 1 is 0.824 bits per heavy atom. The molecular formula is C15H16OS. The summed E-state index contributed by atoms with van der Waals surface area (Å²) >= 11 is 0. The van der Waals surface area contributed by atoms with Crippen LogP contribution in [-0.4, -0.2) is 4.21 Å². The minimum absolute atomic E-state index is 0.863. The summed E-state index contributed by atoms with van der Waals surface area (Å²) in [5.74, 6) is 0. The Balaban J connectivity index is 2.40. The summed E-state index contributed by atoms with van der Waals surface area (Å²) in [6.45, 7) is 6.09. The molecule has 0 aliphatic carbocycles. The van der Waals surface area contributed by atoms with E-state index in [9.17, 15) is 4.21 Å². The van der Waals surface area contributed by atoms with Crippen molar-refractivity contribution in [3.05, 3.63) is 59.2 Å². The Kier molecular flexibility index (Phi) is 3.43. The standard InChI is InChI=1S/C15H16OS/c1-11-4-7-14(8-5-11)17(16)15-9-6-12(2)10-13(15)3/h4-10H,1-3H3. The molecule has 2 aromatic carbocycles. The molecule has 1 nitrogen and oxygen atoms in total. The van der Waals surface area contributed by atoms with E-state index < -0.39 is 10.8 Å². The van der Waals surface area contributed by atoms with E-state index in [4.69, 9.17) is 0 Å². The Morgan fingerprint density at radius 3 is 2.00 bits per heavy atom. The fourth-order valence-corrected chi connectivity index (χ4v) is 2.98. The van der Waals surface area contributed by atoms with Crippen LogP contribution in [0.5, 0.6) is 0 Å². The number of benzene rings is 2. The van der Waals surface area contributed by atoms with Gasteiger partial charge in [0.25, 0.3) is 0 Å². The van der Waals surface area contributed by atoms with Crippen LogP contribution in [0, 0.1) is 20.8 Å². The average Bonchev–Trinajstić information content (AvgIpc) is 2.29. The zero-order valence-electron chi connectivity index (χ0n) is 10.4. The molecule has 0 saturated heterocycles. The third-order valence-corrected chi connectivity index (χ3v) is 4.32. The van der Waals surface area contributed by atoms with E-state index in [1.165, 1.54) is 11.1 Å². The van der Waals surface area contributed by atoms with Crippen molar-refractivity contribution in [3.63, 3.8) is 0 Å². The maximum Gasteiger partial charge on any atom is 0.0852 e. The highest BCUT2D eigenvalue weighted by molar-refractivity contribution is 7.85. The number of aryl methyl sites for hydroxylation is 3. The summed E-state index contributed by atoms with van der Waals surface area (Å²) in [6, 6.07) is 13.9. The van der Waals surface area contributed by atoms with E-state index >= 15 is 0 Å². The Labute approximate surface area is 105 Å². The molecule has 1 atom stereocenters. The number of rotatable bonds is 2. The lowest BCUT2D eigenvalue weighted by Crippen LogP contribution is -1.96. The van der Waals surface area contributed by atoms with Gasteiger partial charge in [0.15, 0.2) is 0 Å². The molecule has 0 radical (unpaired) electrons. The van der Waals surface area contributed by atoms with Crippen LogP contribution in [-0.2, 0) is 10.8 Å². The van der Waals surface area contributed by atoms with Gasteiger partial charge in [0.2, 0.25) is 0 Å². The minimum atomic E-state index is -1.07. The topological polar surface area (TPSA) is 17.1 Å². The smallest absolute Gasteiger partial charge is 0.0852 e. The first-order valence-electron chi connectivity index (χ1n) is 5.63. The zero-order chi connectivity index (χ0) is 12.4. The molecule has 1 unspecified atom stereocenters. The average molecular weight is 244 g/mol. The molecule has 0 aromatic heterocycles. The zero-order valence-corrected chi connectivity index (χ0v) is 11.2. The molecular weight excluding hydrogens is 228 g/mol. The van der Waals surface area contributed by atoms with Crippen molar-refractivity contribution >= 4 is 10.8 Å². The molecule has 0 bridgehead atoms. The molecule has 2 aromatic rings. The number of hydrogen-bond donors (Lipinski definition) is 0. The van der Waals surface area contributed by atoms with Gasteiger partial charge < -0.3 is 0 Å². The second-order valence-corrected chi connectivity index (χ2v) is 5.80. The lowest BCUT2D eigenvalue weighted by molar-refractivity contribution is 0.682. The summed E-state index contributed by atoms with van der Waals surface area (Å²) in [4.78, 5) is 1.77. The SMILES string of the molecule is Cc1ccc(S(=O)c2ccc(C)cc2C)cc1. The van der Waals surface area contributed by atoms with Crippen molar-refractivity contribution in [2.45, 2.75) is 30.6 Å². The summed E-state index contributed by atoms with van der Waals surface area (Å²) in [7, 11) is -1.07. The van der Waals surface area contributed by atoms with Gasteiger partial charge in [-0.1, -0.05) is 35.4 Å². The molecule has 2 rings (SSSR count). The molecule has 0 spiro atoms. The van der Waals surface area contributed by atoms with Crippen LogP contribution >= 0.6 is 0 Å². The van der Waals surface area contributed by atoms with Crippen LogP contribution in [0.4, 0.5) is 0 Å². The van der Waals surface area contributed by atoms with Gasteiger partial charge in [-0.25, -0.2) is 4.21 Å². The second kappa shape index (κ2) is 4.84. The van der Waals surface area contributed by atoms with Gasteiger partial charge in [-0.15, -0.1) is 0 Å². The van der Waals surface area contributed by atoms with Crippen molar-refractivity contribution in [3.8, 4) is 0 Å². The van der Waals surface area contributed by atoms with Crippen LogP contribution in [0.25, 0.3) is 0 Å². The van der Waals surface area contributed by atoms with E-state index in [1.807, 2.05) is 57.2 Å². The summed E-state index contributed by atoms with van der Waals surface area (Å²) in [6.07, 6.45) is 0. The van der Waals surface area contributed by atoms with Gasteiger partial charge in [-0.2, -0.15) is 0 Å². The largest absolute Gasteiger partial charge is 0.249 e. The summed E-state index contributed by atoms with van der Waals surface area (Å²) < 4.78 is 12.4. The lowest BCUT2D eigenvalue weighted by Gasteiger charge is -2.07. The molecule has 0 amide bonds. The van der Waals surface area contributed by atoms with Gasteiger partial charge in [0.05, 0.1) is 10.8 Å². The van der Waals surface area contributed by atoms with Crippen molar-refractivity contribution in [1.29, 1.82) is 0 Å². The highest BCUT2D eigenvalue weighted by Crippen LogP contribution is 2.21. The van der Waals surface area contributed by atoms with Gasteiger partial charge in [0, 0.05) is 9.79 Å². The van der Waals surface area contributed by atoms with Crippen LogP contribution in [0.3, 0.4) is 0 Å². The molecule has 0 N–H and O–H groups in total. The maximum absolute atomic E-state index is 12.4.